The van der Waals surface area contributed by atoms with Gasteiger partial charge in [0.25, 0.3) is 0 Å². The summed E-state index contributed by atoms with van der Waals surface area (Å²) in [6, 6.07) is 5.07. The van der Waals surface area contributed by atoms with Gasteiger partial charge in [-0.05, 0) is 12.1 Å². The lowest BCUT2D eigenvalue weighted by molar-refractivity contribution is 0.384. The second kappa shape index (κ2) is 2.20. The van der Waals surface area contributed by atoms with Gasteiger partial charge in [-0.1, -0.05) is 22.1 Å². The summed E-state index contributed by atoms with van der Waals surface area (Å²) in [7, 11) is 0. The van der Waals surface area contributed by atoms with E-state index in [1.54, 1.807) is 18.2 Å². The van der Waals surface area contributed by atoms with Crippen molar-refractivity contribution in [2.75, 3.05) is 0 Å². The van der Waals surface area contributed by atoms with Gasteiger partial charge in [-0.3, -0.25) is 0 Å². The highest BCUT2D eigenvalue weighted by atomic mass is 35.5. The molecule has 0 saturated carbocycles. The number of rotatable bonds is 0. The van der Waals surface area contributed by atoms with Crippen LogP contribution in [0.1, 0.15) is 0 Å². The number of nitrogens with zero attached hydrogens (tertiary/aromatic N) is 2. The molecule has 0 fully saturated rings. The summed E-state index contributed by atoms with van der Waals surface area (Å²) in [6.07, 6.45) is 1.09. The molecule has 0 radical (unpaired) electrons. The summed E-state index contributed by atoms with van der Waals surface area (Å²) in [5.41, 5.74) is 0.897. The van der Waals surface area contributed by atoms with Gasteiger partial charge < -0.3 is 0 Å². The minimum Gasteiger partial charge on any atom is -0.234 e. The van der Waals surface area contributed by atoms with Gasteiger partial charge in [-0.2, -0.15) is 4.79 Å². The molecule has 11 heavy (non-hydrogen) atoms. The zero-order chi connectivity index (χ0) is 7.84. The summed E-state index contributed by atoms with van der Waals surface area (Å²) in [5.74, 6) is 0. The molecule has 4 heteroatoms. The quantitative estimate of drug-likeness (QED) is 0.594. The first-order valence-electron chi connectivity index (χ1n) is 3.07. The third-order valence-corrected chi connectivity index (χ3v) is 1.78. The fraction of sp³-hybridized carbons (Fsp3) is 0. The van der Waals surface area contributed by atoms with Crippen molar-refractivity contribution in [1.82, 2.24) is 9.77 Å². The Morgan fingerprint density at radius 3 is 3.00 bits per heavy atom. The number of para-hydroxylation sites is 1. The SMILES string of the molecule is Fn1cnc2cccc(Cl)c21. The van der Waals surface area contributed by atoms with Crippen molar-refractivity contribution >= 4 is 22.6 Å². The van der Waals surface area contributed by atoms with Crippen molar-refractivity contribution in [3.63, 3.8) is 0 Å². The van der Waals surface area contributed by atoms with Gasteiger partial charge in [0.15, 0.2) is 0 Å². The number of benzene rings is 1. The Hall–Kier alpha value is -1.09. The van der Waals surface area contributed by atoms with Crippen LogP contribution in [-0.4, -0.2) is 9.77 Å². The van der Waals surface area contributed by atoms with Crippen molar-refractivity contribution in [3.8, 4) is 0 Å². The predicted octanol–water partition coefficient (Wildman–Crippen LogP) is 2.42. The van der Waals surface area contributed by atoms with E-state index < -0.39 is 0 Å². The second-order valence-electron chi connectivity index (χ2n) is 2.16. The first kappa shape index (κ1) is 6.61. The number of hydrogen-bond acceptors (Lipinski definition) is 1. The number of imidazole rings is 1. The van der Waals surface area contributed by atoms with Crippen LogP contribution in [0.15, 0.2) is 24.5 Å². The van der Waals surface area contributed by atoms with Gasteiger partial charge in [0.05, 0.1) is 10.5 Å². The summed E-state index contributed by atoms with van der Waals surface area (Å²) >= 11 is 5.70. The number of halogens is 2. The Morgan fingerprint density at radius 1 is 1.45 bits per heavy atom. The molecule has 0 saturated heterocycles. The number of hydrogen-bond donors (Lipinski definition) is 0. The molecule has 0 amide bonds. The van der Waals surface area contributed by atoms with Crippen LogP contribution in [0.25, 0.3) is 11.0 Å². The van der Waals surface area contributed by atoms with E-state index in [0.717, 1.165) is 6.33 Å². The largest absolute Gasteiger partial charge is 0.234 e. The fourth-order valence-electron chi connectivity index (χ4n) is 0.990. The molecule has 56 valence electrons. The minimum atomic E-state index is 0.328. The minimum absolute atomic E-state index is 0.328. The number of aromatic nitrogens is 2. The highest BCUT2D eigenvalue weighted by Crippen LogP contribution is 2.21. The third-order valence-electron chi connectivity index (χ3n) is 1.48. The monoisotopic (exact) mass is 170 g/mol. The molecule has 0 N–H and O–H groups in total. The fourth-order valence-corrected chi connectivity index (χ4v) is 1.24. The lowest BCUT2D eigenvalue weighted by Crippen LogP contribution is -1.77. The van der Waals surface area contributed by atoms with Crippen LogP contribution in [0.5, 0.6) is 0 Å². The second-order valence-corrected chi connectivity index (χ2v) is 2.57. The van der Waals surface area contributed by atoms with E-state index in [-0.39, 0.29) is 0 Å². The molecule has 1 aromatic carbocycles. The molecule has 0 atom stereocenters. The van der Waals surface area contributed by atoms with Crippen molar-refractivity contribution < 1.29 is 4.48 Å². The van der Waals surface area contributed by atoms with Gasteiger partial charge in [-0.15, -0.1) is 0 Å². The Morgan fingerprint density at radius 2 is 2.27 bits per heavy atom. The highest BCUT2D eigenvalue weighted by molar-refractivity contribution is 6.34. The van der Waals surface area contributed by atoms with E-state index in [1.165, 1.54) is 0 Å². The molecule has 1 heterocycles. The topological polar surface area (TPSA) is 17.8 Å². The lowest BCUT2D eigenvalue weighted by atomic mass is 10.3. The van der Waals surface area contributed by atoms with Crippen LogP contribution >= 0.6 is 11.6 Å². The van der Waals surface area contributed by atoms with Crippen molar-refractivity contribution in [2.45, 2.75) is 0 Å². The van der Waals surface area contributed by atoms with Crippen LogP contribution in [0.2, 0.25) is 5.02 Å². The molecule has 1 aromatic heterocycles. The first-order chi connectivity index (χ1) is 5.29. The van der Waals surface area contributed by atoms with Crippen molar-refractivity contribution in [1.29, 1.82) is 0 Å². The van der Waals surface area contributed by atoms with Crippen LogP contribution in [0.4, 0.5) is 4.48 Å². The lowest BCUT2D eigenvalue weighted by Gasteiger charge is -1.91. The predicted molar refractivity (Wildman–Crippen MR) is 41.2 cm³/mol. The Balaban J connectivity index is 2.96. The van der Waals surface area contributed by atoms with E-state index in [9.17, 15) is 4.48 Å². The standard InChI is InChI=1S/C7H4ClFN2/c8-5-2-1-3-6-7(5)11(9)4-10-6/h1-4H. The molecule has 0 spiro atoms. The normalized spacial score (nSPS) is 10.7. The van der Waals surface area contributed by atoms with Gasteiger partial charge >= 0.3 is 0 Å². The Bertz CT molecular complexity index is 396. The molecule has 2 nitrogen and oxygen atoms in total. The molecule has 2 rings (SSSR count). The van der Waals surface area contributed by atoms with Crippen LogP contribution in [0, 0.1) is 0 Å². The van der Waals surface area contributed by atoms with Crippen LogP contribution in [0.3, 0.4) is 0 Å². The molecular formula is C7H4ClFN2. The molecule has 0 aliphatic carbocycles. The maximum Gasteiger partial charge on any atom is 0.127 e. The van der Waals surface area contributed by atoms with Gasteiger partial charge in [-0.25, -0.2) is 4.98 Å². The van der Waals surface area contributed by atoms with E-state index in [0.29, 0.717) is 20.8 Å². The average molecular weight is 171 g/mol. The van der Waals surface area contributed by atoms with Gasteiger partial charge in [0.2, 0.25) is 0 Å². The first-order valence-corrected chi connectivity index (χ1v) is 3.44. The summed E-state index contributed by atoms with van der Waals surface area (Å²) < 4.78 is 12.8. The maximum atomic E-state index is 12.8. The maximum absolute atomic E-state index is 12.8. The molecule has 2 aromatic rings. The molecule has 0 bridgehead atoms. The third kappa shape index (κ3) is 0.886. The van der Waals surface area contributed by atoms with E-state index in [4.69, 9.17) is 11.6 Å². The van der Waals surface area contributed by atoms with E-state index in [2.05, 4.69) is 4.98 Å². The number of fused-ring (bicyclic) bond motifs is 1. The van der Waals surface area contributed by atoms with Crippen LogP contribution in [-0.2, 0) is 0 Å². The van der Waals surface area contributed by atoms with Gasteiger partial charge in [0.1, 0.15) is 11.8 Å². The van der Waals surface area contributed by atoms with E-state index in [1.807, 2.05) is 0 Å². The van der Waals surface area contributed by atoms with Crippen molar-refractivity contribution in [3.05, 3.63) is 29.5 Å². The Kier molecular flexibility index (Phi) is 1.32. The molecule has 0 aliphatic heterocycles. The van der Waals surface area contributed by atoms with Crippen LogP contribution < -0.4 is 0 Å². The smallest absolute Gasteiger partial charge is 0.127 e. The summed E-state index contributed by atoms with van der Waals surface area (Å²) in [5, 5.41) is 0.377. The average Bonchev–Trinajstić information content (AvgIpc) is 2.34. The summed E-state index contributed by atoms with van der Waals surface area (Å²) in [6.45, 7) is 0. The molecular weight excluding hydrogens is 167 g/mol. The summed E-state index contributed by atoms with van der Waals surface area (Å²) in [4.78, 5) is 4.20. The van der Waals surface area contributed by atoms with Crippen molar-refractivity contribution in [2.24, 2.45) is 0 Å². The van der Waals surface area contributed by atoms with Gasteiger partial charge in [0, 0.05) is 0 Å². The molecule has 0 unspecified atom stereocenters. The van der Waals surface area contributed by atoms with E-state index >= 15 is 0 Å². The molecule has 0 aliphatic rings. The zero-order valence-corrected chi connectivity index (χ0v) is 6.22. The zero-order valence-electron chi connectivity index (χ0n) is 5.46. The Labute approximate surface area is 67.2 Å². The highest BCUT2D eigenvalue weighted by Gasteiger charge is 2.04.